The number of benzene rings is 1. The zero-order chi connectivity index (χ0) is 14.6. The normalized spacial score (nSPS) is 18.4. The van der Waals surface area contributed by atoms with E-state index in [4.69, 9.17) is 0 Å². The molecule has 1 aliphatic carbocycles. The number of phenols is 1. The van der Waals surface area contributed by atoms with Gasteiger partial charge in [0.1, 0.15) is 5.75 Å². The summed E-state index contributed by atoms with van der Waals surface area (Å²) in [5, 5.41) is 13.5. The fourth-order valence-corrected chi connectivity index (χ4v) is 3.28. The first-order valence-electron chi connectivity index (χ1n) is 7.70. The van der Waals surface area contributed by atoms with Gasteiger partial charge in [-0.2, -0.15) is 0 Å². The maximum Gasteiger partial charge on any atom is 0.120 e. The third-order valence-electron chi connectivity index (χ3n) is 4.74. The zero-order valence-corrected chi connectivity index (χ0v) is 13.1. The van der Waals surface area contributed by atoms with Crippen molar-refractivity contribution < 1.29 is 5.11 Å². The van der Waals surface area contributed by atoms with Crippen LogP contribution in [0.5, 0.6) is 5.75 Å². The fraction of sp³-hybridized carbons (Fsp3) is 0.647. The minimum absolute atomic E-state index is 0.289. The molecule has 2 rings (SSSR count). The third kappa shape index (κ3) is 3.53. The third-order valence-corrected chi connectivity index (χ3v) is 4.74. The highest BCUT2D eigenvalue weighted by Crippen LogP contribution is 2.31. The van der Waals surface area contributed by atoms with Gasteiger partial charge >= 0.3 is 0 Å². The van der Waals surface area contributed by atoms with Crippen molar-refractivity contribution in [3.8, 4) is 5.75 Å². The molecule has 0 unspecified atom stereocenters. The highest BCUT2D eigenvalue weighted by Gasteiger charge is 2.33. The number of aromatic hydroxyl groups is 1. The standard InChI is InChI=1S/C17H28N2O/c1-14-7-8-16(20)15(11-14)12-18-13-17(19(2)3)9-5-4-6-10-17/h7-8,11,18,20H,4-6,9-10,12-13H2,1-3H3. The number of hydrogen-bond acceptors (Lipinski definition) is 3. The van der Waals surface area contributed by atoms with Crippen molar-refractivity contribution in [1.29, 1.82) is 0 Å². The molecule has 1 aromatic carbocycles. The summed E-state index contributed by atoms with van der Waals surface area (Å²) < 4.78 is 0. The molecule has 0 bridgehead atoms. The molecule has 0 spiro atoms. The highest BCUT2D eigenvalue weighted by molar-refractivity contribution is 5.35. The van der Waals surface area contributed by atoms with Gasteiger partial charge in [0.05, 0.1) is 0 Å². The van der Waals surface area contributed by atoms with Gasteiger partial charge in [-0.05, 0) is 39.9 Å². The number of nitrogens with zero attached hydrogens (tertiary/aromatic N) is 1. The molecule has 0 heterocycles. The van der Waals surface area contributed by atoms with E-state index in [1.807, 2.05) is 6.07 Å². The van der Waals surface area contributed by atoms with Crippen molar-refractivity contribution in [2.24, 2.45) is 0 Å². The van der Waals surface area contributed by atoms with Crippen LogP contribution in [0.2, 0.25) is 0 Å². The molecule has 112 valence electrons. The van der Waals surface area contributed by atoms with Crippen LogP contribution in [0, 0.1) is 6.92 Å². The van der Waals surface area contributed by atoms with E-state index in [0.717, 1.165) is 18.7 Å². The number of likely N-dealkylation sites (N-methyl/N-ethyl adjacent to an activating group) is 1. The maximum absolute atomic E-state index is 9.89. The van der Waals surface area contributed by atoms with E-state index in [2.05, 4.69) is 37.3 Å². The van der Waals surface area contributed by atoms with Gasteiger partial charge in [-0.25, -0.2) is 0 Å². The van der Waals surface area contributed by atoms with Crippen LogP contribution >= 0.6 is 0 Å². The Hall–Kier alpha value is -1.06. The molecule has 0 amide bonds. The molecule has 1 aromatic rings. The largest absolute Gasteiger partial charge is 0.508 e. The van der Waals surface area contributed by atoms with E-state index >= 15 is 0 Å². The van der Waals surface area contributed by atoms with E-state index < -0.39 is 0 Å². The van der Waals surface area contributed by atoms with Gasteiger partial charge in [0.25, 0.3) is 0 Å². The van der Waals surface area contributed by atoms with E-state index in [-0.39, 0.29) is 5.54 Å². The molecule has 3 nitrogen and oxygen atoms in total. The van der Waals surface area contributed by atoms with Gasteiger partial charge in [-0.3, -0.25) is 0 Å². The first kappa shape index (κ1) is 15.3. The predicted molar refractivity (Wildman–Crippen MR) is 84.1 cm³/mol. The first-order valence-corrected chi connectivity index (χ1v) is 7.70. The number of nitrogens with one attached hydrogen (secondary N) is 1. The summed E-state index contributed by atoms with van der Waals surface area (Å²) in [5.41, 5.74) is 2.48. The Morgan fingerprint density at radius 1 is 1.20 bits per heavy atom. The molecular weight excluding hydrogens is 248 g/mol. The van der Waals surface area contributed by atoms with Crippen LogP contribution in [0.3, 0.4) is 0 Å². The fourth-order valence-electron chi connectivity index (χ4n) is 3.28. The molecule has 0 aromatic heterocycles. The summed E-state index contributed by atoms with van der Waals surface area (Å²) in [5.74, 6) is 0.394. The van der Waals surface area contributed by atoms with Crippen molar-refractivity contribution >= 4 is 0 Å². The van der Waals surface area contributed by atoms with Crippen molar-refractivity contribution in [1.82, 2.24) is 10.2 Å². The van der Waals surface area contributed by atoms with Gasteiger partial charge in [-0.15, -0.1) is 0 Å². The number of aryl methyl sites for hydroxylation is 1. The summed E-state index contributed by atoms with van der Waals surface area (Å²) in [6, 6.07) is 5.79. The van der Waals surface area contributed by atoms with Crippen LogP contribution in [0.25, 0.3) is 0 Å². The van der Waals surface area contributed by atoms with Crippen LogP contribution in [-0.2, 0) is 6.54 Å². The minimum Gasteiger partial charge on any atom is -0.508 e. The second-order valence-corrected chi connectivity index (χ2v) is 6.42. The molecule has 1 aliphatic rings. The predicted octanol–water partition coefficient (Wildman–Crippen LogP) is 3.05. The Balaban J connectivity index is 1.95. The Kier molecular flexibility index (Phi) is 5.06. The van der Waals surface area contributed by atoms with Crippen molar-refractivity contribution in [3.05, 3.63) is 29.3 Å². The molecular formula is C17H28N2O. The average molecular weight is 276 g/mol. The highest BCUT2D eigenvalue weighted by atomic mass is 16.3. The average Bonchev–Trinajstić information content (AvgIpc) is 2.43. The smallest absolute Gasteiger partial charge is 0.120 e. The van der Waals surface area contributed by atoms with Crippen molar-refractivity contribution in [2.45, 2.75) is 51.1 Å². The van der Waals surface area contributed by atoms with E-state index in [0.29, 0.717) is 5.75 Å². The number of hydrogen-bond donors (Lipinski definition) is 2. The summed E-state index contributed by atoms with van der Waals surface area (Å²) >= 11 is 0. The quantitative estimate of drug-likeness (QED) is 0.867. The molecule has 1 saturated carbocycles. The van der Waals surface area contributed by atoms with Gasteiger partial charge < -0.3 is 15.3 Å². The van der Waals surface area contributed by atoms with Crippen LogP contribution in [-0.4, -0.2) is 36.2 Å². The second-order valence-electron chi connectivity index (χ2n) is 6.42. The van der Waals surface area contributed by atoms with Crippen LogP contribution in [0.15, 0.2) is 18.2 Å². The molecule has 0 radical (unpaired) electrons. The maximum atomic E-state index is 9.89. The van der Waals surface area contributed by atoms with Crippen LogP contribution < -0.4 is 5.32 Å². The lowest BCUT2D eigenvalue weighted by Gasteiger charge is -2.43. The molecule has 3 heteroatoms. The molecule has 2 N–H and O–H groups in total. The SMILES string of the molecule is Cc1ccc(O)c(CNCC2(N(C)C)CCCCC2)c1. The number of rotatable bonds is 5. The zero-order valence-electron chi connectivity index (χ0n) is 13.1. The second kappa shape index (κ2) is 6.59. The summed E-state index contributed by atoms with van der Waals surface area (Å²) in [6.07, 6.45) is 6.57. The van der Waals surface area contributed by atoms with Gasteiger partial charge in [0.2, 0.25) is 0 Å². The first-order chi connectivity index (χ1) is 9.53. The van der Waals surface area contributed by atoms with Crippen LogP contribution in [0.1, 0.15) is 43.2 Å². The lowest BCUT2D eigenvalue weighted by atomic mass is 9.80. The lowest BCUT2D eigenvalue weighted by molar-refractivity contribution is 0.0983. The van der Waals surface area contributed by atoms with Gasteiger partial charge in [-0.1, -0.05) is 37.0 Å². The Morgan fingerprint density at radius 3 is 2.55 bits per heavy atom. The molecule has 0 saturated heterocycles. The number of phenolic OH excluding ortho intramolecular Hbond substituents is 1. The molecule has 0 atom stereocenters. The van der Waals surface area contributed by atoms with E-state index in [1.54, 1.807) is 6.07 Å². The topological polar surface area (TPSA) is 35.5 Å². The minimum atomic E-state index is 0.289. The van der Waals surface area contributed by atoms with Gasteiger partial charge in [0, 0.05) is 24.2 Å². The Bertz CT molecular complexity index is 437. The van der Waals surface area contributed by atoms with E-state index in [1.165, 1.54) is 37.7 Å². The van der Waals surface area contributed by atoms with Crippen molar-refractivity contribution in [3.63, 3.8) is 0 Å². The molecule has 20 heavy (non-hydrogen) atoms. The van der Waals surface area contributed by atoms with E-state index in [9.17, 15) is 5.11 Å². The summed E-state index contributed by atoms with van der Waals surface area (Å²) in [7, 11) is 4.38. The summed E-state index contributed by atoms with van der Waals surface area (Å²) in [6.45, 7) is 3.79. The lowest BCUT2D eigenvalue weighted by Crippen LogP contribution is -2.52. The van der Waals surface area contributed by atoms with Gasteiger partial charge in [0.15, 0.2) is 0 Å². The summed E-state index contributed by atoms with van der Waals surface area (Å²) in [4.78, 5) is 2.38. The molecule has 1 fully saturated rings. The monoisotopic (exact) mass is 276 g/mol. The molecule has 0 aliphatic heterocycles. The Labute approximate surface area is 123 Å². The van der Waals surface area contributed by atoms with Crippen LogP contribution in [0.4, 0.5) is 0 Å². The van der Waals surface area contributed by atoms with Crippen molar-refractivity contribution in [2.75, 3.05) is 20.6 Å². The Morgan fingerprint density at radius 2 is 1.90 bits per heavy atom.